The summed E-state index contributed by atoms with van der Waals surface area (Å²) in [7, 11) is 0. The molecule has 0 aliphatic rings. The smallest absolute Gasteiger partial charge is 0.304 e. The Bertz CT molecular complexity index is 388. The quantitative estimate of drug-likeness (QED) is 0.625. The summed E-state index contributed by atoms with van der Waals surface area (Å²) in [5.74, 6) is -0.292. The first-order valence-electron chi connectivity index (χ1n) is 6.76. The highest BCUT2D eigenvalue weighted by atomic mass is 16.4. The molecule has 1 aromatic carbocycles. The first-order valence-corrected chi connectivity index (χ1v) is 6.76. The van der Waals surface area contributed by atoms with E-state index in [0.29, 0.717) is 12.5 Å². The number of aliphatic carboxylic acids is 1. The summed E-state index contributed by atoms with van der Waals surface area (Å²) < 4.78 is 0. The fourth-order valence-corrected chi connectivity index (χ4v) is 1.89. The summed E-state index contributed by atoms with van der Waals surface area (Å²) in [6.07, 6.45) is 0.939. The lowest BCUT2D eigenvalue weighted by molar-refractivity contribution is -0.137. The third kappa shape index (κ3) is 6.36. The third-order valence-corrected chi connectivity index (χ3v) is 3.08. The maximum atomic E-state index is 10.4. The monoisotopic (exact) mass is 264 g/mol. The molecule has 0 heterocycles. The van der Waals surface area contributed by atoms with E-state index in [9.17, 15) is 4.79 Å². The number of hydrogen-bond donors (Lipinski definition) is 3. The van der Waals surface area contributed by atoms with Crippen LogP contribution >= 0.6 is 0 Å². The number of carboxylic acid groups (broad SMARTS) is 1. The average molecular weight is 264 g/mol. The molecule has 19 heavy (non-hydrogen) atoms. The predicted octanol–water partition coefficient (Wildman–Crippen LogP) is 1.74. The van der Waals surface area contributed by atoms with Crippen LogP contribution in [0.15, 0.2) is 24.3 Å². The van der Waals surface area contributed by atoms with Crippen molar-refractivity contribution >= 4 is 5.97 Å². The van der Waals surface area contributed by atoms with E-state index in [4.69, 9.17) is 10.8 Å². The fourth-order valence-electron chi connectivity index (χ4n) is 1.89. The molecule has 0 aliphatic heterocycles. The Morgan fingerprint density at radius 1 is 1.32 bits per heavy atom. The van der Waals surface area contributed by atoms with Crippen LogP contribution in [0.4, 0.5) is 0 Å². The summed E-state index contributed by atoms with van der Waals surface area (Å²) in [6.45, 7) is 5.71. The van der Waals surface area contributed by atoms with E-state index in [2.05, 4.69) is 43.4 Å². The molecule has 0 fully saturated rings. The third-order valence-electron chi connectivity index (χ3n) is 3.08. The van der Waals surface area contributed by atoms with E-state index in [1.54, 1.807) is 0 Å². The average Bonchev–Trinajstić information content (AvgIpc) is 2.34. The van der Waals surface area contributed by atoms with Gasteiger partial charge >= 0.3 is 5.97 Å². The van der Waals surface area contributed by atoms with E-state index in [-0.39, 0.29) is 12.5 Å². The van der Waals surface area contributed by atoms with Crippen LogP contribution < -0.4 is 11.1 Å². The van der Waals surface area contributed by atoms with Gasteiger partial charge in [0.1, 0.15) is 0 Å². The van der Waals surface area contributed by atoms with Crippen molar-refractivity contribution in [2.45, 2.75) is 38.6 Å². The maximum absolute atomic E-state index is 10.4. The van der Waals surface area contributed by atoms with Crippen molar-refractivity contribution in [2.75, 3.05) is 13.1 Å². The Labute approximate surface area is 115 Å². The van der Waals surface area contributed by atoms with Crippen molar-refractivity contribution < 1.29 is 9.90 Å². The van der Waals surface area contributed by atoms with Crippen molar-refractivity contribution in [3.05, 3.63) is 35.4 Å². The van der Waals surface area contributed by atoms with Crippen molar-refractivity contribution in [2.24, 2.45) is 5.73 Å². The first kappa shape index (κ1) is 15.7. The highest BCUT2D eigenvalue weighted by molar-refractivity contribution is 5.67. The normalized spacial score (nSPS) is 12.6. The van der Waals surface area contributed by atoms with Gasteiger partial charge in [-0.3, -0.25) is 4.79 Å². The number of nitrogens with two attached hydrogens (primary N) is 1. The molecule has 4 N–H and O–H groups in total. The SMILES string of the molecule is CC(C)c1ccc(CCNCC(N)CC(=O)O)cc1. The highest BCUT2D eigenvalue weighted by Crippen LogP contribution is 2.14. The van der Waals surface area contributed by atoms with Gasteiger partial charge in [0.25, 0.3) is 0 Å². The highest BCUT2D eigenvalue weighted by Gasteiger charge is 2.06. The molecular formula is C15H24N2O2. The number of hydrogen-bond acceptors (Lipinski definition) is 3. The lowest BCUT2D eigenvalue weighted by atomic mass is 10.0. The van der Waals surface area contributed by atoms with Crippen LogP contribution in [0.3, 0.4) is 0 Å². The van der Waals surface area contributed by atoms with E-state index in [0.717, 1.165) is 13.0 Å². The lowest BCUT2D eigenvalue weighted by Crippen LogP contribution is -2.36. The van der Waals surface area contributed by atoms with Gasteiger partial charge in [0.05, 0.1) is 6.42 Å². The number of rotatable bonds is 8. The molecule has 0 saturated carbocycles. The summed E-state index contributed by atoms with van der Waals surface area (Å²) in [4.78, 5) is 10.4. The minimum Gasteiger partial charge on any atom is -0.481 e. The molecule has 0 radical (unpaired) electrons. The van der Waals surface area contributed by atoms with E-state index in [1.165, 1.54) is 11.1 Å². The van der Waals surface area contributed by atoms with Gasteiger partial charge in [-0.1, -0.05) is 38.1 Å². The number of carboxylic acids is 1. The summed E-state index contributed by atoms with van der Waals surface area (Å²) >= 11 is 0. The number of benzene rings is 1. The van der Waals surface area contributed by atoms with Crippen molar-refractivity contribution in [1.82, 2.24) is 5.32 Å². The van der Waals surface area contributed by atoms with E-state index < -0.39 is 5.97 Å². The molecule has 1 aromatic rings. The Morgan fingerprint density at radius 3 is 2.47 bits per heavy atom. The molecule has 0 amide bonds. The van der Waals surface area contributed by atoms with Crippen LogP contribution in [0.1, 0.15) is 37.3 Å². The summed E-state index contributed by atoms with van der Waals surface area (Å²) in [5.41, 5.74) is 8.29. The van der Waals surface area contributed by atoms with Gasteiger partial charge in [0.15, 0.2) is 0 Å². The second kappa shape index (κ2) is 7.92. The largest absolute Gasteiger partial charge is 0.481 e. The van der Waals surface area contributed by atoms with Crippen LogP contribution in [0.2, 0.25) is 0 Å². The topological polar surface area (TPSA) is 75.3 Å². The van der Waals surface area contributed by atoms with Gasteiger partial charge in [-0.15, -0.1) is 0 Å². The lowest BCUT2D eigenvalue weighted by Gasteiger charge is -2.11. The molecule has 106 valence electrons. The Balaban J connectivity index is 2.24. The Morgan fingerprint density at radius 2 is 1.95 bits per heavy atom. The summed E-state index contributed by atoms with van der Waals surface area (Å²) in [5, 5.41) is 11.8. The first-order chi connectivity index (χ1) is 8.99. The zero-order valence-corrected chi connectivity index (χ0v) is 11.7. The standard InChI is InChI=1S/C15H24N2O2/c1-11(2)13-5-3-12(4-6-13)7-8-17-10-14(16)9-15(18)19/h3-6,11,14,17H,7-10,16H2,1-2H3,(H,18,19). The molecule has 1 rings (SSSR count). The molecule has 1 atom stereocenters. The Kier molecular flexibility index (Phi) is 6.53. The van der Waals surface area contributed by atoms with E-state index in [1.807, 2.05) is 0 Å². The molecule has 4 heteroatoms. The molecule has 0 spiro atoms. The van der Waals surface area contributed by atoms with Crippen LogP contribution in [-0.4, -0.2) is 30.2 Å². The predicted molar refractivity (Wildman–Crippen MR) is 77.3 cm³/mol. The van der Waals surface area contributed by atoms with Crippen molar-refractivity contribution in [1.29, 1.82) is 0 Å². The van der Waals surface area contributed by atoms with Crippen LogP contribution in [-0.2, 0) is 11.2 Å². The van der Waals surface area contributed by atoms with Gasteiger partial charge in [-0.05, 0) is 30.0 Å². The second-order valence-corrected chi connectivity index (χ2v) is 5.21. The summed E-state index contributed by atoms with van der Waals surface area (Å²) in [6, 6.07) is 8.30. The number of carbonyl (C=O) groups is 1. The maximum Gasteiger partial charge on any atom is 0.304 e. The molecule has 0 bridgehead atoms. The fraction of sp³-hybridized carbons (Fsp3) is 0.533. The minimum absolute atomic E-state index is 0.0100. The van der Waals surface area contributed by atoms with Crippen LogP contribution in [0.25, 0.3) is 0 Å². The molecular weight excluding hydrogens is 240 g/mol. The Hall–Kier alpha value is -1.39. The van der Waals surface area contributed by atoms with Crippen molar-refractivity contribution in [3.63, 3.8) is 0 Å². The molecule has 0 aliphatic carbocycles. The van der Waals surface area contributed by atoms with Gasteiger partial charge in [-0.2, -0.15) is 0 Å². The van der Waals surface area contributed by atoms with Crippen LogP contribution in [0.5, 0.6) is 0 Å². The number of nitrogens with one attached hydrogen (secondary N) is 1. The van der Waals surface area contributed by atoms with Gasteiger partial charge < -0.3 is 16.2 Å². The van der Waals surface area contributed by atoms with Crippen molar-refractivity contribution in [3.8, 4) is 0 Å². The molecule has 1 unspecified atom stereocenters. The molecule has 0 saturated heterocycles. The van der Waals surface area contributed by atoms with Gasteiger partial charge in [0, 0.05) is 12.6 Å². The molecule has 4 nitrogen and oxygen atoms in total. The zero-order valence-electron chi connectivity index (χ0n) is 11.7. The van der Waals surface area contributed by atoms with Gasteiger partial charge in [0.2, 0.25) is 0 Å². The van der Waals surface area contributed by atoms with Crippen LogP contribution in [0, 0.1) is 0 Å². The van der Waals surface area contributed by atoms with Gasteiger partial charge in [-0.25, -0.2) is 0 Å². The van der Waals surface area contributed by atoms with E-state index >= 15 is 0 Å². The zero-order chi connectivity index (χ0) is 14.3. The molecule has 0 aromatic heterocycles. The minimum atomic E-state index is -0.849. The second-order valence-electron chi connectivity index (χ2n) is 5.21.